The van der Waals surface area contributed by atoms with E-state index in [9.17, 15) is 9.90 Å². The molecule has 0 aliphatic heterocycles. The monoisotopic (exact) mass is 368 g/mol. The van der Waals surface area contributed by atoms with Crippen LogP contribution < -0.4 is 4.74 Å². The van der Waals surface area contributed by atoms with Crippen LogP contribution >= 0.6 is 0 Å². The van der Waals surface area contributed by atoms with Gasteiger partial charge in [0.15, 0.2) is 0 Å². The van der Waals surface area contributed by atoms with E-state index in [0.717, 1.165) is 5.56 Å². The zero-order valence-corrected chi connectivity index (χ0v) is 15.6. The van der Waals surface area contributed by atoms with E-state index in [1.165, 1.54) is 6.92 Å². The summed E-state index contributed by atoms with van der Waals surface area (Å²) >= 11 is 0. The van der Waals surface area contributed by atoms with E-state index in [4.69, 9.17) is 16.0 Å². The van der Waals surface area contributed by atoms with Gasteiger partial charge in [0.25, 0.3) is 5.54 Å². The van der Waals surface area contributed by atoms with Gasteiger partial charge in [-0.3, -0.25) is 9.79 Å². The van der Waals surface area contributed by atoms with Crippen LogP contribution in [0.3, 0.4) is 0 Å². The van der Waals surface area contributed by atoms with Crippen molar-refractivity contribution >= 4 is 12.7 Å². The van der Waals surface area contributed by atoms with E-state index in [2.05, 4.69) is 23.1 Å². The Balaban J connectivity index is 2.49. The second-order valence-corrected chi connectivity index (χ2v) is 6.53. The minimum atomic E-state index is -1.21. The summed E-state index contributed by atoms with van der Waals surface area (Å²) in [5.74, 6) is -0.257. The van der Waals surface area contributed by atoms with Crippen LogP contribution in [0.25, 0.3) is 4.85 Å². The van der Waals surface area contributed by atoms with Gasteiger partial charge in [-0.25, -0.2) is 6.57 Å². The Bertz CT molecular complexity index is 778. The molecule has 1 aromatic rings. The van der Waals surface area contributed by atoms with E-state index in [1.54, 1.807) is 19.3 Å². The van der Waals surface area contributed by atoms with E-state index in [1.807, 2.05) is 24.3 Å². The van der Waals surface area contributed by atoms with Crippen molar-refractivity contribution in [1.29, 1.82) is 0 Å². The maximum Gasteiger partial charge on any atom is 0.303 e. The van der Waals surface area contributed by atoms with Gasteiger partial charge < -0.3 is 19.4 Å². The largest absolute Gasteiger partial charge is 0.497 e. The number of esters is 1. The molecule has 0 saturated heterocycles. The highest BCUT2D eigenvalue weighted by Crippen LogP contribution is 2.42. The summed E-state index contributed by atoms with van der Waals surface area (Å²) in [4.78, 5) is 19.4. The summed E-state index contributed by atoms with van der Waals surface area (Å²) in [6.45, 7) is 16.8. The van der Waals surface area contributed by atoms with Crippen molar-refractivity contribution in [2.24, 2.45) is 10.9 Å². The highest BCUT2D eigenvalue weighted by Gasteiger charge is 2.53. The molecule has 6 nitrogen and oxygen atoms in total. The van der Waals surface area contributed by atoms with Gasteiger partial charge >= 0.3 is 5.97 Å². The lowest BCUT2D eigenvalue weighted by atomic mass is 9.70. The molecule has 1 N–H and O–H groups in total. The number of carbonyl (C=O) groups excluding carboxylic acids is 1. The molecule has 0 radical (unpaired) electrons. The fraction of sp³-hybridized carbons (Fsp3) is 0.381. The van der Waals surface area contributed by atoms with Crippen molar-refractivity contribution in [2.75, 3.05) is 7.11 Å². The first-order valence-electron chi connectivity index (χ1n) is 8.57. The van der Waals surface area contributed by atoms with Crippen molar-refractivity contribution < 1.29 is 19.4 Å². The lowest BCUT2D eigenvalue weighted by Crippen LogP contribution is -2.48. The van der Waals surface area contributed by atoms with Gasteiger partial charge in [-0.2, -0.15) is 0 Å². The fourth-order valence-corrected chi connectivity index (χ4v) is 3.45. The van der Waals surface area contributed by atoms with Crippen molar-refractivity contribution in [3.8, 4) is 5.75 Å². The molecule has 6 heteroatoms. The number of ether oxygens (including phenoxy) is 2. The fourth-order valence-electron chi connectivity index (χ4n) is 3.45. The number of aliphatic imine (C=N–C) groups is 1. The van der Waals surface area contributed by atoms with E-state index in [-0.39, 0.29) is 12.1 Å². The number of hydrogen-bond donors (Lipinski definition) is 1. The highest BCUT2D eigenvalue weighted by atomic mass is 16.5. The molecule has 0 bridgehead atoms. The van der Waals surface area contributed by atoms with Crippen LogP contribution in [-0.2, 0) is 16.0 Å². The predicted octanol–water partition coefficient (Wildman–Crippen LogP) is 2.98. The number of nitrogens with zero attached hydrogens (tertiary/aromatic N) is 2. The van der Waals surface area contributed by atoms with Crippen molar-refractivity contribution in [3.63, 3.8) is 0 Å². The quantitative estimate of drug-likeness (QED) is 0.348. The molecule has 1 aromatic carbocycles. The van der Waals surface area contributed by atoms with Crippen molar-refractivity contribution in [3.05, 3.63) is 65.7 Å². The summed E-state index contributed by atoms with van der Waals surface area (Å²) < 4.78 is 10.6. The molecule has 0 saturated carbocycles. The first kappa shape index (κ1) is 20.4. The van der Waals surface area contributed by atoms with Crippen LogP contribution in [0.15, 0.2) is 53.7 Å². The molecule has 1 aliphatic carbocycles. The second-order valence-electron chi connectivity index (χ2n) is 6.53. The molecule has 4 atom stereocenters. The third-order valence-electron chi connectivity index (χ3n) is 4.85. The molecular formula is C21H24N2O4. The maximum absolute atomic E-state index is 11.6. The first-order chi connectivity index (χ1) is 12.9. The third-order valence-corrected chi connectivity index (χ3v) is 4.85. The van der Waals surface area contributed by atoms with Crippen LogP contribution in [0.4, 0.5) is 0 Å². The summed E-state index contributed by atoms with van der Waals surface area (Å²) in [6.07, 6.45) is 2.36. The number of hydrogen-bond acceptors (Lipinski definition) is 5. The molecule has 2 rings (SSSR count). The Morgan fingerprint density at radius 3 is 2.59 bits per heavy atom. The Labute approximate surface area is 159 Å². The van der Waals surface area contributed by atoms with Crippen LogP contribution in [0.5, 0.6) is 5.75 Å². The molecule has 0 heterocycles. The molecule has 142 valence electrons. The van der Waals surface area contributed by atoms with Crippen molar-refractivity contribution in [1.82, 2.24) is 0 Å². The standard InChI is InChI=1S/C21H24N2O4/c1-14(22-3)21(23-4,13-16-6-9-18(26-5)10-7-16)19-12-17(25)8-11-20(19)27-15(2)24/h6-11,17,19-20,25H,1,3,12-13H2,2,5H3. The van der Waals surface area contributed by atoms with E-state index >= 15 is 0 Å². The smallest absolute Gasteiger partial charge is 0.303 e. The molecule has 0 amide bonds. The summed E-state index contributed by atoms with van der Waals surface area (Å²) in [7, 11) is 1.58. The van der Waals surface area contributed by atoms with Gasteiger partial charge in [0, 0.05) is 6.92 Å². The van der Waals surface area contributed by atoms with Gasteiger partial charge in [0.1, 0.15) is 17.6 Å². The molecular weight excluding hydrogens is 344 g/mol. The first-order valence-corrected chi connectivity index (χ1v) is 8.57. The lowest BCUT2D eigenvalue weighted by Gasteiger charge is -2.37. The number of rotatable bonds is 7. The molecule has 27 heavy (non-hydrogen) atoms. The number of methoxy groups -OCH3 is 1. The number of carbonyl (C=O) groups is 1. The van der Waals surface area contributed by atoms with Crippen LogP contribution in [0, 0.1) is 12.5 Å². The van der Waals surface area contributed by atoms with Crippen molar-refractivity contribution in [2.45, 2.75) is 37.5 Å². The number of benzene rings is 1. The minimum Gasteiger partial charge on any atom is -0.497 e. The van der Waals surface area contributed by atoms with Crippen LogP contribution in [0.2, 0.25) is 0 Å². The van der Waals surface area contributed by atoms with E-state index < -0.39 is 29.6 Å². The third kappa shape index (κ3) is 4.44. The van der Waals surface area contributed by atoms with Gasteiger partial charge in [-0.15, -0.1) is 0 Å². The van der Waals surface area contributed by atoms with Gasteiger partial charge in [-0.05, 0) is 36.9 Å². The zero-order valence-electron chi connectivity index (χ0n) is 15.6. The number of aliphatic hydroxyl groups is 1. The Morgan fingerprint density at radius 1 is 1.41 bits per heavy atom. The Morgan fingerprint density at radius 2 is 2.07 bits per heavy atom. The predicted molar refractivity (Wildman–Crippen MR) is 104 cm³/mol. The summed E-state index contributed by atoms with van der Waals surface area (Å²) in [5.41, 5.74) is -0.0393. The topological polar surface area (TPSA) is 72.5 Å². The maximum atomic E-state index is 11.6. The van der Waals surface area contributed by atoms with Gasteiger partial charge in [0.05, 0.1) is 25.6 Å². The minimum absolute atomic E-state index is 0.252. The molecule has 0 aromatic heterocycles. The zero-order chi connectivity index (χ0) is 20.0. The molecule has 0 spiro atoms. The normalized spacial score (nSPS) is 23.6. The highest BCUT2D eigenvalue weighted by molar-refractivity contribution is 5.66. The Kier molecular flexibility index (Phi) is 6.54. The average Bonchev–Trinajstić information content (AvgIpc) is 2.67. The lowest BCUT2D eigenvalue weighted by molar-refractivity contribution is -0.148. The van der Waals surface area contributed by atoms with Crippen LogP contribution in [-0.4, -0.2) is 42.7 Å². The summed E-state index contributed by atoms with van der Waals surface area (Å²) in [6, 6.07) is 7.36. The second kappa shape index (κ2) is 8.65. The average molecular weight is 368 g/mol. The molecule has 4 unspecified atom stereocenters. The molecule has 1 aliphatic rings. The van der Waals surface area contributed by atoms with Gasteiger partial charge in [-0.1, -0.05) is 24.8 Å². The summed E-state index contributed by atoms with van der Waals surface area (Å²) in [5, 5.41) is 10.2. The van der Waals surface area contributed by atoms with Crippen LogP contribution in [0.1, 0.15) is 18.9 Å². The Hall–Kier alpha value is -2.91. The molecule has 0 fully saturated rings. The SMILES string of the molecule is [C-]#[N+]C(Cc1ccc(OC)cc1)(C(=C)N=C)C1CC(O)C=CC1OC(C)=O. The number of aliphatic hydroxyl groups excluding tert-OH is 1. The van der Waals surface area contributed by atoms with E-state index in [0.29, 0.717) is 12.2 Å². The van der Waals surface area contributed by atoms with Gasteiger partial charge in [0.2, 0.25) is 0 Å².